The van der Waals surface area contributed by atoms with Crippen molar-refractivity contribution in [2.24, 2.45) is 0 Å². The fraction of sp³-hybridized carbons (Fsp3) is 0.368. The molecule has 2 aromatic rings. The highest BCUT2D eigenvalue weighted by Gasteiger charge is 2.29. The van der Waals surface area contributed by atoms with Crippen LogP contribution in [0.15, 0.2) is 42.5 Å². The van der Waals surface area contributed by atoms with Gasteiger partial charge in [0.25, 0.3) is 0 Å². The van der Waals surface area contributed by atoms with E-state index in [9.17, 15) is 10.2 Å². The first-order valence-corrected chi connectivity index (χ1v) is 8.02. The molecule has 3 N–H and O–H groups in total. The van der Waals surface area contributed by atoms with E-state index in [1.807, 2.05) is 49.5 Å². The first-order valence-electron chi connectivity index (χ1n) is 8.02. The molecule has 0 radical (unpaired) electrons. The van der Waals surface area contributed by atoms with Crippen molar-refractivity contribution in [2.75, 3.05) is 7.05 Å². The van der Waals surface area contributed by atoms with Crippen molar-refractivity contribution in [3.05, 3.63) is 64.7 Å². The molecule has 0 unspecified atom stereocenters. The molecular weight excluding hydrogens is 290 g/mol. The van der Waals surface area contributed by atoms with Gasteiger partial charge in [-0.2, -0.15) is 0 Å². The number of likely N-dealkylation sites (N-methyl/N-ethyl adjacent to an activating group) is 1. The van der Waals surface area contributed by atoms with E-state index in [0.717, 1.165) is 35.1 Å². The molecular formula is C19H23NO3. The predicted molar refractivity (Wildman–Crippen MR) is 89.3 cm³/mol. The van der Waals surface area contributed by atoms with Crippen LogP contribution in [-0.2, 0) is 19.6 Å². The van der Waals surface area contributed by atoms with E-state index < -0.39 is 6.10 Å². The molecule has 2 aromatic carbocycles. The molecule has 3 rings (SSSR count). The molecule has 0 aromatic heterocycles. The molecule has 0 aliphatic heterocycles. The average molecular weight is 313 g/mol. The van der Waals surface area contributed by atoms with Crippen molar-refractivity contribution in [3.63, 3.8) is 0 Å². The Bertz CT molecular complexity index is 657. The number of hydrogen-bond acceptors (Lipinski definition) is 4. The Kier molecular flexibility index (Phi) is 4.96. The van der Waals surface area contributed by atoms with E-state index in [1.54, 1.807) is 0 Å². The summed E-state index contributed by atoms with van der Waals surface area (Å²) in [4.78, 5) is 0. The zero-order valence-corrected chi connectivity index (χ0v) is 13.3. The molecule has 0 heterocycles. The maximum absolute atomic E-state index is 10.5. The molecule has 4 nitrogen and oxygen atoms in total. The highest BCUT2D eigenvalue weighted by Crippen LogP contribution is 2.36. The minimum Gasteiger partial charge on any atom is -0.489 e. The van der Waals surface area contributed by atoms with E-state index >= 15 is 0 Å². The summed E-state index contributed by atoms with van der Waals surface area (Å²) in [5.74, 6) is 0.699. The van der Waals surface area contributed by atoms with E-state index in [2.05, 4.69) is 5.32 Å². The second-order valence-electron chi connectivity index (χ2n) is 5.92. The van der Waals surface area contributed by atoms with Crippen molar-refractivity contribution < 1.29 is 14.9 Å². The molecule has 1 aliphatic rings. The number of rotatable bonds is 5. The van der Waals surface area contributed by atoms with E-state index in [-0.39, 0.29) is 12.6 Å². The molecule has 0 spiro atoms. The normalized spacial score (nSPS) is 20.1. The van der Waals surface area contributed by atoms with Crippen LogP contribution in [0.1, 0.15) is 34.8 Å². The maximum atomic E-state index is 10.5. The lowest BCUT2D eigenvalue weighted by Gasteiger charge is -2.31. The molecule has 23 heavy (non-hydrogen) atoms. The summed E-state index contributed by atoms with van der Waals surface area (Å²) in [6.07, 6.45) is 1.13. The van der Waals surface area contributed by atoms with Crippen LogP contribution in [0.2, 0.25) is 0 Å². The summed E-state index contributed by atoms with van der Waals surface area (Å²) >= 11 is 0. The zero-order valence-electron chi connectivity index (χ0n) is 13.3. The van der Waals surface area contributed by atoms with Crippen LogP contribution in [0, 0.1) is 0 Å². The monoisotopic (exact) mass is 313 g/mol. The maximum Gasteiger partial charge on any atom is 0.125 e. The van der Waals surface area contributed by atoms with E-state index in [1.165, 1.54) is 0 Å². The van der Waals surface area contributed by atoms with Crippen LogP contribution in [-0.4, -0.2) is 23.3 Å². The fourth-order valence-corrected chi connectivity index (χ4v) is 3.28. The molecule has 0 fully saturated rings. The van der Waals surface area contributed by atoms with Gasteiger partial charge in [-0.15, -0.1) is 0 Å². The van der Waals surface area contributed by atoms with Gasteiger partial charge in [0.05, 0.1) is 12.7 Å². The van der Waals surface area contributed by atoms with Gasteiger partial charge in [0.15, 0.2) is 0 Å². The summed E-state index contributed by atoms with van der Waals surface area (Å²) in [7, 11) is 1.86. The van der Waals surface area contributed by atoms with Crippen LogP contribution < -0.4 is 10.1 Å². The van der Waals surface area contributed by atoms with Gasteiger partial charge in [-0.25, -0.2) is 0 Å². The van der Waals surface area contributed by atoms with Gasteiger partial charge in [0, 0.05) is 11.6 Å². The Morgan fingerprint density at radius 1 is 1.17 bits per heavy atom. The quantitative estimate of drug-likeness (QED) is 0.793. The fourth-order valence-electron chi connectivity index (χ4n) is 3.28. The van der Waals surface area contributed by atoms with E-state index in [4.69, 9.17) is 4.74 Å². The molecule has 0 saturated heterocycles. The number of benzene rings is 2. The third-order valence-corrected chi connectivity index (χ3v) is 4.60. The number of aliphatic hydroxyl groups is 2. The van der Waals surface area contributed by atoms with Gasteiger partial charge in [-0.3, -0.25) is 0 Å². The van der Waals surface area contributed by atoms with Crippen LogP contribution in [0.3, 0.4) is 0 Å². The Labute approximate surface area is 136 Å². The standard InChI is InChI=1S/C19H23NO3/c1-20-17-9-7-14-15(19(17)22)8-10-18(16(14)11-21)23-12-13-5-3-2-4-6-13/h2-6,8,10,17,19-22H,7,9,11-12H2,1H3/t17-,19-/m1/s1. The topological polar surface area (TPSA) is 61.7 Å². The van der Waals surface area contributed by atoms with Crippen LogP contribution in [0.25, 0.3) is 0 Å². The number of nitrogens with one attached hydrogen (secondary N) is 1. The van der Waals surface area contributed by atoms with Crippen molar-refractivity contribution in [1.82, 2.24) is 5.32 Å². The zero-order chi connectivity index (χ0) is 16.2. The van der Waals surface area contributed by atoms with E-state index in [0.29, 0.717) is 12.4 Å². The minimum atomic E-state index is -0.544. The van der Waals surface area contributed by atoms with Gasteiger partial charge in [-0.1, -0.05) is 36.4 Å². The Hall–Kier alpha value is -1.88. The van der Waals surface area contributed by atoms with Gasteiger partial charge < -0.3 is 20.3 Å². The van der Waals surface area contributed by atoms with Crippen LogP contribution in [0.5, 0.6) is 5.75 Å². The summed E-state index contributed by atoms with van der Waals surface area (Å²) in [6, 6.07) is 13.8. The van der Waals surface area contributed by atoms with Crippen molar-refractivity contribution >= 4 is 0 Å². The summed E-state index contributed by atoms with van der Waals surface area (Å²) in [6.45, 7) is 0.387. The first-order chi connectivity index (χ1) is 11.2. The second-order valence-corrected chi connectivity index (χ2v) is 5.92. The molecule has 1 aliphatic carbocycles. The van der Waals surface area contributed by atoms with Gasteiger partial charge in [-0.05, 0) is 42.6 Å². The lowest BCUT2D eigenvalue weighted by Crippen LogP contribution is -2.36. The highest BCUT2D eigenvalue weighted by atomic mass is 16.5. The van der Waals surface area contributed by atoms with Crippen molar-refractivity contribution in [3.8, 4) is 5.75 Å². The third kappa shape index (κ3) is 3.24. The van der Waals surface area contributed by atoms with Crippen LogP contribution >= 0.6 is 0 Å². The SMILES string of the molecule is CN[C@@H]1CCc2c(ccc(OCc3ccccc3)c2CO)[C@H]1O. The first kappa shape index (κ1) is 16.0. The lowest BCUT2D eigenvalue weighted by atomic mass is 9.83. The molecule has 0 bridgehead atoms. The van der Waals surface area contributed by atoms with Crippen molar-refractivity contribution in [2.45, 2.75) is 38.2 Å². The number of hydrogen-bond donors (Lipinski definition) is 3. The molecule has 0 saturated carbocycles. The summed E-state index contributed by atoms with van der Waals surface area (Å²) in [5, 5.41) is 23.4. The van der Waals surface area contributed by atoms with Crippen molar-refractivity contribution in [1.29, 1.82) is 0 Å². The lowest BCUT2D eigenvalue weighted by molar-refractivity contribution is 0.118. The van der Waals surface area contributed by atoms with Crippen LogP contribution in [0.4, 0.5) is 0 Å². The third-order valence-electron chi connectivity index (χ3n) is 4.60. The average Bonchev–Trinajstić information content (AvgIpc) is 2.60. The largest absolute Gasteiger partial charge is 0.489 e. The van der Waals surface area contributed by atoms with Gasteiger partial charge in [0.1, 0.15) is 12.4 Å². The molecule has 0 amide bonds. The Balaban J connectivity index is 1.85. The molecule has 122 valence electrons. The number of aliphatic hydroxyl groups excluding tert-OH is 2. The number of fused-ring (bicyclic) bond motifs is 1. The minimum absolute atomic E-state index is 0.0603. The smallest absolute Gasteiger partial charge is 0.125 e. The number of ether oxygens (including phenoxy) is 1. The molecule has 4 heteroatoms. The molecule has 2 atom stereocenters. The Morgan fingerprint density at radius 3 is 2.65 bits per heavy atom. The summed E-state index contributed by atoms with van der Waals surface area (Å²) in [5.41, 5.74) is 3.81. The van der Waals surface area contributed by atoms with Gasteiger partial charge in [0.2, 0.25) is 0 Å². The van der Waals surface area contributed by atoms with Gasteiger partial charge >= 0.3 is 0 Å². The summed E-state index contributed by atoms with van der Waals surface area (Å²) < 4.78 is 5.91. The predicted octanol–water partition coefficient (Wildman–Crippen LogP) is 2.33. The second kappa shape index (κ2) is 7.13. The highest BCUT2D eigenvalue weighted by molar-refractivity contribution is 5.47. The Morgan fingerprint density at radius 2 is 1.96 bits per heavy atom.